The normalized spacial score (nSPS) is 20.7. The van der Waals surface area contributed by atoms with Crippen LogP contribution in [0.3, 0.4) is 0 Å². The molecule has 4 rings (SSSR count). The van der Waals surface area contributed by atoms with Crippen LogP contribution in [0.5, 0.6) is 0 Å². The summed E-state index contributed by atoms with van der Waals surface area (Å²) in [7, 11) is 1.35. The van der Waals surface area contributed by atoms with E-state index in [0.717, 1.165) is 4.90 Å². The monoisotopic (exact) mass is 517 g/mol. The molecule has 9 nitrogen and oxygen atoms in total. The van der Waals surface area contributed by atoms with E-state index in [4.69, 9.17) is 18.9 Å². The second-order valence-corrected chi connectivity index (χ2v) is 8.54. The zero-order valence-corrected chi connectivity index (χ0v) is 20.9. The van der Waals surface area contributed by atoms with Crippen LogP contribution in [0, 0.1) is 0 Å². The van der Waals surface area contributed by atoms with Gasteiger partial charge in [0.05, 0.1) is 17.7 Å². The fraction of sp³-hybridized carbons (Fsp3) is 0.241. The highest BCUT2D eigenvalue weighted by Crippen LogP contribution is 2.28. The van der Waals surface area contributed by atoms with Crippen LogP contribution >= 0.6 is 0 Å². The maximum atomic E-state index is 13.5. The minimum Gasteiger partial charge on any atom is -0.452 e. The highest BCUT2D eigenvalue weighted by molar-refractivity contribution is 6.04. The molecule has 9 heteroatoms. The molecule has 3 aromatic rings. The number of esters is 2. The molecule has 0 radical (unpaired) electrons. The van der Waals surface area contributed by atoms with Gasteiger partial charge in [-0.1, -0.05) is 54.6 Å². The first-order chi connectivity index (χ1) is 18.4. The van der Waals surface area contributed by atoms with Gasteiger partial charge >= 0.3 is 11.9 Å². The quantitative estimate of drug-likeness (QED) is 0.438. The Morgan fingerprint density at radius 3 is 1.61 bits per heavy atom. The van der Waals surface area contributed by atoms with E-state index in [-0.39, 0.29) is 23.3 Å². The molecule has 3 aromatic carbocycles. The van der Waals surface area contributed by atoms with E-state index in [1.807, 2.05) is 0 Å². The molecular formula is C29H27NO8. The van der Waals surface area contributed by atoms with Crippen LogP contribution in [0.4, 0.5) is 0 Å². The number of carbonyl (C=O) groups is 4. The van der Waals surface area contributed by atoms with E-state index in [1.165, 1.54) is 14.0 Å². The molecule has 1 aliphatic rings. The first kappa shape index (κ1) is 26.7. The lowest BCUT2D eigenvalue weighted by molar-refractivity contribution is -0.247. The molecule has 1 aliphatic heterocycles. The molecule has 0 bridgehead atoms. The second kappa shape index (κ2) is 12.3. The zero-order valence-electron chi connectivity index (χ0n) is 20.9. The lowest BCUT2D eigenvalue weighted by Gasteiger charge is -2.43. The molecule has 0 N–H and O–H groups in total. The third kappa shape index (κ3) is 5.96. The number of imide groups is 1. The summed E-state index contributed by atoms with van der Waals surface area (Å²) in [5, 5.41) is 0. The van der Waals surface area contributed by atoms with Gasteiger partial charge in [0.15, 0.2) is 18.5 Å². The Balaban J connectivity index is 1.73. The fourth-order valence-electron chi connectivity index (χ4n) is 4.23. The standard InChI is InChI=1S/C29H27NO8/c1-19(31)30(26(32)20-12-6-3-7-13-20)23-18-36-29(35-2)25(38-28(34)22-16-10-5-11-17-22)24(23)37-27(33)21-14-8-4-9-15-21/h3-17,23-25,29H,18H2,1-2H3/t23-,24-,25-,29+/m1/s1. The number of benzene rings is 3. The first-order valence-electron chi connectivity index (χ1n) is 12.0. The van der Waals surface area contributed by atoms with Gasteiger partial charge in [-0.15, -0.1) is 0 Å². The molecule has 1 heterocycles. The number of hydrogen-bond donors (Lipinski definition) is 0. The summed E-state index contributed by atoms with van der Waals surface area (Å²) in [6.07, 6.45) is -3.73. The Labute approximate surface area is 219 Å². The van der Waals surface area contributed by atoms with Crippen LogP contribution in [-0.4, -0.2) is 66.9 Å². The Kier molecular flexibility index (Phi) is 8.62. The maximum Gasteiger partial charge on any atom is 0.338 e. The summed E-state index contributed by atoms with van der Waals surface area (Å²) >= 11 is 0. The number of methoxy groups -OCH3 is 1. The van der Waals surface area contributed by atoms with Gasteiger partial charge in [-0.05, 0) is 36.4 Å². The lowest BCUT2D eigenvalue weighted by atomic mass is 9.98. The van der Waals surface area contributed by atoms with Crippen molar-refractivity contribution < 1.29 is 38.1 Å². The van der Waals surface area contributed by atoms with E-state index in [0.29, 0.717) is 0 Å². The van der Waals surface area contributed by atoms with Crippen molar-refractivity contribution in [1.82, 2.24) is 4.90 Å². The van der Waals surface area contributed by atoms with Gasteiger partial charge in [0.2, 0.25) is 5.91 Å². The first-order valence-corrected chi connectivity index (χ1v) is 12.0. The number of ether oxygens (including phenoxy) is 4. The van der Waals surface area contributed by atoms with Gasteiger partial charge in [-0.3, -0.25) is 14.5 Å². The molecule has 0 unspecified atom stereocenters. The fourth-order valence-corrected chi connectivity index (χ4v) is 4.23. The van der Waals surface area contributed by atoms with Gasteiger partial charge in [0.25, 0.3) is 5.91 Å². The average molecular weight is 518 g/mol. The molecule has 38 heavy (non-hydrogen) atoms. The maximum absolute atomic E-state index is 13.5. The Morgan fingerprint density at radius 2 is 1.16 bits per heavy atom. The number of hydrogen-bond acceptors (Lipinski definition) is 8. The van der Waals surface area contributed by atoms with Crippen LogP contribution in [0.2, 0.25) is 0 Å². The van der Waals surface area contributed by atoms with Gasteiger partial charge in [0, 0.05) is 19.6 Å². The summed E-state index contributed by atoms with van der Waals surface area (Å²) in [5.74, 6) is -2.66. The summed E-state index contributed by atoms with van der Waals surface area (Å²) in [6.45, 7) is 1.01. The molecule has 196 valence electrons. The van der Waals surface area contributed by atoms with Crippen LogP contribution in [0.1, 0.15) is 38.0 Å². The van der Waals surface area contributed by atoms with Crippen LogP contribution in [0.15, 0.2) is 91.0 Å². The largest absolute Gasteiger partial charge is 0.452 e. The number of amides is 2. The van der Waals surface area contributed by atoms with Crippen molar-refractivity contribution in [2.45, 2.75) is 31.5 Å². The minimum atomic E-state index is -1.30. The zero-order chi connectivity index (χ0) is 27.1. The minimum absolute atomic E-state index is 0.219. The van der Waals surface area contributed by atoms with Gasteiger partial charge < -0.3 is 18.9 Å². The summed E-state index contributed by atoms with van der Waals surface area (Å²) in [5.41, 5.74) is 0.743. The average Bonchev–Trinajstić information content (AvgIpc) is 2.95. The van der Waals surface area contributed by atoms with E-state index in [1.54, 1.807) is 91.0 Å². The SMILES string of the molecule is CO[C@H]1OC[C@@H](N(C(C)=O)C(=O)c2ccccc2)[C@@H](OC(=O)c2ccccc2)[C@H]1OC(=O)c1ccccc1. The van der Waals surface area contributed by atoms with Crippen molar-refractivity contribution in [2.24, 2.45) is 0 Å². The molecule has 1 fully saturated rings. The van der Waals surface area contributed by atoms with Crippen molar-refractivity contribution in [2.75, 3.05) is 13.7 Å². The highest BCUT2D eigenvalue weighted by Gasteiger charge is 2.50. The predicted octanol–water partition coefficient (Wildman–Crippen LogP) is 3.50. The van der Waals surface area contributed by atoms with E-state index < -0.39 is 48.3 Å². The Bertz CT molecular complexity index is 1270. The lowest BCUT2D eigenvalue weighted by Crippen LogP contribution is -2.64. The number of nitrogens with zero attached hydrogens (tertiary/aromatic N) is 1. The van der Waals surface area contributed by atoms with Gasteiger partial charge in [-0.25, -0.2) is 9.59 Å². The Hall–Kier alpha value is -4.34. The van der Waals surface area contributed by atoms with Crippen molar-refractivity contribution in [1.29, 1.82) is 0 Å². The molecule has 0 aliphatic carbocycles. The molecule has 1 saturated heterocycles. The van der Waals surface area contributed by atoms with E-state index >= 15 is 0 Å². The summed E-state index contributed by atoms with van der Waals surface area (Å²) in [4.78, 5) is 53.4. The van der Waals surface area contributed by atoms with E-state index in [9.17, 15) is 19.2 Å². The van der Waals surface area contributed by atoms with Gasteiger partial charge in [-0.2, -0.15) is 0 Å². The molecule has 0 saturated carbocycles. The van der Waals surface area contributed by atoms with Crippen molar-refractivity contribution >= 4 is 23.8 Å². The summed E-state index contributed by atoms with van der Waals surface area (Å²) in [6, 6.07) is 23.5. The van der Waals surface area contributed by atoms with Crippen LogP contribution in [-0.2, 0) is 23.7 Å². The van der Waals surface area contributed by atoms with Crippen molar-refractivity contribution in [3.8, 4) is 0 Å². The second-order valence-electron chi connectivity index (χ2n) is 8.54. The molecule has 0 aromatic heterocycles. The molecule has 2 amide bonds. The smallest absolute Gasteiger partial charge is 0.338 e. The van der Waals surface area contributed by atoms with Crippen molar-refractivity contribution in [3.63, 3.8) is 0 Å². The molecule has 0 spiro atoms. The molecular weight excluding hydrogens is 490 g/mol. The van der Waals surface area contributed by atoms with Gasteiger partial charge in [0.1, 0.15) is 6.04 Å². The third-order valence-electron chi connectivity index (χ3n) is 6.05. The van der Waals surface area contributed by atoms with E-state index in [2.05, 4.69) is 0 Å². The topological polar surface area (TPSA) is 108 Å². The van der Waals surface area contributed by atoms with Crippen LogP contribution < -0.4 is 0 Å². The molecule has 4 atom stereocenters. The Morgan fingerprint density at radius 1 is 0.711 bits per heavy atom. The van der Waals surface area contributed by atoms with Crippen LogP contribution in [0.25, 0.3) is 0 Å². The third-order valence-corrected chi connectivity index (χ3v) is 6.05. The summed E-state index contributed by atoms with van der Waals surface area (Å²) < 4.78 is 22.8. The van der Waals surface area contributed by atoms with Crippen molar-refractivity contribution in [3.05, 3.63) is 108 Å². The number of rotatable bonds is 7. The number of carbonyl (C=O) groups excluding carboxylic acids is 4. The predicted molar refractivity (Wildman–Crippen MR) is 135 cm³/mol. The highest BCUT2D eigenvalue weighted by atomic mass is 16.7.